The highest BCUT2D eigenvalue weighted by atomic mass is 35.5. The van der Waals surface area contributed by atoms with Gasteiger partial charge in [0.15, 0.2) is 19.7 Å². The lowest BCUT2D eigenvalue weighted by Gasteiger charge is -2.07. The standard InChI is InChI=1S/C10H14ClNO4S2/c1-2-17(13,14)5-6-18(15,16)10-4-3-8(11)7-9(10)12/h3-4,7H,2,5-6,12H2,1H3. The zero-order valence-electron chi connectivity index (χ0n) is 9.76. The number of hydrogen-bond donors (Lipinski definition) is 1. The van der Waals surface area contributed by atoms with Crippen molar-refractivity contribution in [3.05, 3.63) is 23.2 Å². The monoisotopic (exact) mass is 311 g/mol. The Morgan fingerprint density at radius 1 is 1.17 bits per heavy atom. The number of rotatable bonds is 5. The van der Waals surface area contributed by atoms with Crippen molar-refractivity contribution >= 4 is 37.0 Å². The van der Waals surface area contributed by atoms with Crippen molar-refractivity contribution in [1.82, 2.24) is 0 Å². The highest BCUT2D eigenvalue weighted by Crippen LogP contribution is 2.23. The predicted octanol–water partition coefficient (Wildman–Crippen LogP) is 1.13. The molecule has 8 heteroatoms. The van der Waals surface area contributed by atoms with Gasteiger partial charge in [0.2, 0.25) is 0 Å². The Morgan fingerprint density at radius 2 is 1.78 bits per heavy atom. The molecule has 0 aliphatic carbocycles. The van der Waals surface area contributed by atoms with Gasteiger partial charge in [0.25, 0.3) is 0 Å². The molecular formula is C10H14ClNO4S2. The van der Waals surface area contributed by atoms with E-state index in [0.717, 1.165) is 0 Å². The van der Waals surface area contributed by atoms with Crippen molar-refractivity contribution in [3.63, 3.8) is 0 Å². The van der Waals surface area contributed by atoms with Crippen molar-refractivity contribution in [2.75, 3.05) is 23.0 Å². The van der Waals surface area contributed by atoms with Crippen molar-refractivity contribution in [2.24, 2.45) is 0 Å². The molecule has 0 radical (unpaired) electrons. The fourth-order valence-electron chi connectivity index (χ4n) is 1.29. The third-order valence-electron chi connectivity index (χ3n) is 2.41. The van der Waals surface area contributed by atoms with Crippen LogP contribution < -0.4 is 5.73 Å². The molecule has 0 aliphatic heterocycles. The van der Waals surface area contributed by atoms with Gasteiger partial charge < -0.3 is 5.73 Å². The molecule has 18 heavy (non-hydrogen) atoms. The van der Waals surface area contributed by atoms with E-state index in [1.54, 1.807) is 0 Å². The molecule has 0 aromatic heterocycles. The van der Waals surface area contributed by atoms with Gasteiger partial charge in [0.05, 0.1) is 22.1 Å². The Balaban J connectivity index is 3.01. The van der Waals surface area contributed by atoms with Crippen LogP contribution in [0.25, 0.3) is 0 Å². The number of anilines is 1. The summed E-state index contributed by atoms with van der Waals surface area (Å²) in [6.45, 7) is 1.47. The van der Waals surface area contributed by atoms with Crippen molar-refractivity contribution in [2.45, 2.75) is 11.8 Å². The Bertz CT molecular complexity index is 638. The first-order chi connectivity index (χ1) is 8.18. The van der Waals surface area contributed by atoms with E-state index in [1.807, 2.05) is 0 Å². The van der Waals surface area contributed by atoms with Gasteiger partial charge in [0, 0.05) is 10.8 Å². The largest absolute Gasteiger partial charge is 0.398 e. The summed E-state index contributed by atoms with van der Waals surface area (Å²) in [4.78, 5) is -0.0850. The van der Waals surface area contributed by atoms with E-state index >= 15 is 0 Å². The summed E-state index contributed by atoms with van der Waals surface area (Å²) in [6, 6.07) is 4.01. The first-order valence-electron chi connectivity index (χ1n) is 5.16. The van der Waals surface area contributed by atoms with Gasteiger partial charge in [-0.15, -0.1) is 0 Å². The van der Waals surface area contributed by atoms with Crippen molar-refractivity contribution in [3.8, 4) is 0 Å². The van der Waals surface area contributed by atoms with Crippen LogP contribution in [0.2, 0.25) is 5.02 Å². The quantitative estimate of drug-likeness (QED) is 0.823. The fraction of sp³-hybridized carbons (Fsp3) is 0.400. The third kappa shape index (κ3) is 3.86. The molecule has 2 N–H and O–H groups in total. The minimum atomic E-state index is -3.71. The SMILES string of the molecule is CCS(=O)(=O)CCS(=O)(=O)c1ccc(Cl)cc1N. The molecule has 0 aliphatic rings. The second-order valence-corrected chi connectivity index (χ2v) is 8.72. The van der Waals surface area contributed by atoms with Gasteiger partial charge in [-0.25, -0.2) is 16.8 Å². The molecule has 0 heterocycles. The van der Waals surface area contributed by atoms with Crippen LogP contribution in [-0.4, -0.2) is 34.1 Å². The molecule has 0 bridgehead atoms. The first kappa shape index (κ1) is 15.3. The van der Waals surface area contributed by atoms with E-state index in [9.17, 15) is 16.8 Å². The van der Waals surface area contributed by atoms with E-state index in [-0.39, 0.29) is 16.3 Å². The van der Waals surface area contributed by atoms with E-state index < -0.39 is 31.2 Å². The highest BCUT2D eigenvalue weighted by molar-refractivity contribution is 7.95. The average molecular weight is 312 g/mol. The number of halogens is 1. The molecule has 0 spiro atoms. The van der Waals surface area contributed by atoms with Crippen LogP contribution in [0.15, 0.2) is 23.1 Å². The van der Waals surface area contributed by atoms with Crippen LogP contribution in [0.4, 0.5) is 5.69 Å². The molecule has 0 amide bonds. The molecule has 0 unspecified atom stereocenters. The van der Waals surface area contributed by atoms with Crippen LogP contribution in [-0.2, 0) is 19.7 Å². The van der Waals surface area contributed by atoms with Crippen LogP contribution in [0, 0.1) is 0 Å². The lowest BCUT2D eigenvalue weighted by molar-refractivity contribution is 0.588. The summed E-state index contributed by atoms with van der Waals surface area (Å²) in [5, 5.41) is 0.327. The molecule has 0 fully saturated rings. The summed E-state index contributed by atoms with van der Waals surface area (Å²) in [7, 11) is -7.04. The number of benzene rings is 1. The molecule has 102 valence electrons. The second-order valence-electron chi connectivity index (χ2n) is 3.74. The maximum absolute atomic E-state index is 11.9. The number of sulfone groups is 2. The van der Waals surface area contributed by atoms with Gasteiger partial charge in [-0.3, -0.25) is 0 Å². The lowest BCUT2D eigenvalue weighted by Crippen LogP contribution is -2.19. The minimum Gasteiger partial charge on any atom is -0.398 e. The minimum absolute atomic E-state index is 0.0244. The average Bonchev–Trinajstić information content (AvgIpc) is 2.26. The molecule has 0 atom stereocenters. The topological polar surface area (TPSA) is 94.3 Å². The zero-order chi connectivity index (χ0) is 14.0. The number of hydrogen-bond acceptors (Lipinski definition) is 5. The van der Waals surface area contributed by atoms with Crippen LogP contribution in [0.1, 0.15) is 6.92 Å². The van der Waals surface area contributed by atoms with Crippen molar-refractivity contribution < 1.29 is 16.8 Å². The molecule has 1 aromatic carbocycles. The van der Waals surface area contributed by atoms with E-state index in [4.69, 9.17) is 17.3 Å². The van der Waals surface area contributed by atoms with Gasteiger partial charge in [-0.05, 0) is 18.2 Å². The van der Waals surface area contributed by atoms with Crippen molar-refractivity contribution in [1.29, 1.82) is 0 Å². The number of nitrogen functional groups attached to an aromatic ring is 1. The Kier molecular flexibility index (Phi) is 4.63. The maximum atomic E-state index is 11.9. The molecule has 5 nitrogen and oxygen atoms in total. The summed E-state index contributed by atoms with van der Waals surface area (Å²) in [5.41, 5.74) is 5.59. The maximum Gasteiger partial charge on any atom is 0.181 e. The Labute approximate surface area is 112 Å². The summed E-state index contributed by atoms with van der Waals surface area (Å²) in [5.74, 6) is -0.971. The van der Waals surface area contributed by atoms with Crippen LogP contribution in [0.5, 0.6) is 0 Å². The highest BCUT2D eigenvalue weighted by Gasteiger charge is 2.21. The van der Waals surface area contributed by atoms with Gasteiger partial charge in [-0.1, -0.05) is 18.5 Å². The summed E-state index contributed by atoms with van der Waals surface area (Å²) >= 11 is 5.67. The van der Waals surface area contributed by atoms with Gasteiger partial charge >= 0.3 is 0 Å². The fourth-order valence-corrected chi connectivity index (χ4v) is 4.57. The number of nitrogens with two attached hydrogens (primary N) is 1. The first-order valence-corrected chi connectivity index (χ1v) is 9.01. The molecule has 0 saturated carbocycles. The van der Waals surface area contributed by atoms with E-state index in [0.29, 0.717) is 5.02 Å². The summed E-state index contributed by atoms with van der Waals surface area (Å²) in [6.07, 6.45) is 0. The Morgan fingerprint density at radius 3 is 2.28 bits per heavy atom. The Hall–Kier alpha value is -0.790. The predicted molar refractivity (Wildman–Crippen MR) is 72.2 cm³/mol. The van der Waals surface area contributed by atoms with Gasteiger partial charge in [0.1, 0.15) is 0 Å². The van der Waals surface area contributed by atoms with Crippen LogP contribution >= 0.6 is 11.6 Å². The molecule has 1 rings (SSSR count). The zero-order valence-corrected chi connectivity index (χ0v) is 12.1. The molecular weight excluding hydrogens is 298 g/mol. The third-order valence-corrected chi connectivity index (χ3v) is 6.39. The molecule has 0 saturated heterocycles. The van der Waals surface area contributed by atoms with E-state index in [2.05, 4.69) is 0 Å². The normalized spacial score (nSPS) is 12.6. The molecule has 1 aromatic rings. The van der Waals surface area contributed by atoms with Crippen LogP contribution in [0.3, 0.4) is 0 Å². The smallest absolute Gasteiger partial charge is 0.181 e. The second kappa shape index (κ2) is 5.46. The lowest BCUT2D eigenvalue weighted by atomic mass is 10.3. The van der Waals surface area contributed by atoms with Gasteiger partial charge in [-0.2, -0.15) is 0 Å². The summed E-state index contributed by atoms with van der Waals surface area (Å²) < 4.78 is 46.5. The van der Waals surface area contributed by atoms with E-state index in [1.165, 1.54) is 25.1 Å².